The molecule has 0 aromatic heterocycles. The Kier molecular flexibility index (Phi) is 4.58. The van der Waals surface area contributed by atoms with E-state index in [0.717, 1.165) is 38.5 Å². The van der Waals surface area contributed by atoms with Crippen molar-refractivity contribution in [3.05, 3.63) is 0 Å². The van der Waals surface area contributed by atoms with Crippen LogP contribution in [0.4, 0.5) is 0 Å². The van der Waals surface area contributed by atoms with Crippen LogP contribution in [0.5, 0.6) is 0 Å². The minimum atomic E-state index is -0.311. The molecule has 0 bridgehead atoms. The van der Waals surface area contributed by atoms with Crippen LogP contribution in [0, 0.1) is 0 Å². The van der Waals surface area contributed by atoms with Crippen LogP contribution in [-0.2, 0) is 4.79 Å². The summed E-state index contributed by atoms with van der Waals surface area (Å²) in [6.07, 6.45) is 7.44. The second-order valence-corrected chi connectivity index (χ2v) is 4.73. The molecule has 88 valence electrons. The minimum absolute atomic E-state index is 0.0463. The topological polar surface area (TPSA) is 55.1 Å². The molecule has 3 N–H and O–H groups in total. The van der Waals surface area contributed by atoms with Crippen molar-refractivity contribution in [2.75, 3.05) is 0 Å². The zero-order chi connectivity index (χ0) is 11.3. The highest BCUT2D eigenvalue weighted by Gasteiger charge is 2.37. The molecule has 3 nitrogen and oxygen atoms in total. The van der Waals surface area contributed by atoms with Crippen LogP contribution >= 0.6 is 0 Å². The Morgan fingerprint density at radius 2 is 2.13 bits per heavy atom. The maximum atomic E-state index is 11.8. The average molecular weight is 212 g/mol. The van der Waals surface area contributed by atoms with E-state index in [-0.39, 0.29) is 17.5 Å². The van der Waals surface area contributed by atoms with E-state index in [1.165, 1.54) is 6.42 Å². The van der Waals surface area contributed by atoms with Gasteiger partial charge < -0.3 is 11.1 Å². The van der Waals surface area contributed by atoms with Crippen molar-refractivity contribution in [1.82, 2.24) is 5.32 Å². The van der Waals surface area contributed by atoms with Crippen LogP contribution in [-0.4, -0.2) is 17.5 Å². The molecule has 1 rings (SSSR count). The molecule has 3 heteroatoms. The third-order valence-electron chi connectivity index (χ3n) is 3.58. The van der Waals surface area contributed by atoms with Crippen LogP contribution in [0.2, 0.25) is 0 Å². The van der Waals surface area contributed by atoms with Crippen LogP contribution in [0.15, 0.2) is 0 Å². The first kappa shape index (κ1) is 12.5. The van der Waals surface area contributed by atoms with E-state index in [0.29, 0.717) is 0 Å². The highest BCUT2D eigenvalue weighted by Crippen LogP contribution is 2.34. The molecule has 1 fully saturated rings. The first-order chi connectivity index (χ1) is 7.13. The summed E-state index contributed by atoms with van der Waals surface area (Å²) in [6.45, 7) is 4.25. The first-order valence-corrected chi connectivity index (χ1v) is 6.21. The fourth-order valence-corrected chi connectivity index (χ4v) is 2.08. The molecule has 1 aliphatic rings. The number of amides is 1. The highest BCUT2D eigenvalue weighted by atomic mass is 16.2. The van der Waals surface area contributed by atoms with Gasteiger partial charge in [0.1, 0.15) is 0 Å². The molecule has 0 heterocycles. The third kappa shape index (κ3) is 3.20. The predicted octanol–water partition coefficient (Wildman–Crippen LogP) is 1.95. The predicted molar refractivity (Wildman–Crippen MR) is 62.5 cm³/mol. The summed E-state index contributed by atoms with van der Waals surface area (Å²) in [5, 5.41) is 3.12. The molecule has 0 aliphatic heterocycles. The summed E-state index contributed by atoms with van der Waals surface area (Å²) >= 11 is 0. The third-order valence-corrected chi connectivity index (χ3v) is 3.58. The normalized spacial score (nSPS) is 20.5. The number of unbranched alkanes of at least 4 members (excludes halogenated alkanes) is 1. The van der Waals surface area contributed by atoms with Gasteiger partial charge in [0.05, 0.1) is 6.04 Å². The molecule has 0 saturated heterocycles. The van der Waals surface area contributed by atoms with E-state index in [9.17, 15) is 4.79 Å². The summed E-state index contributed by atoms with van der Waals surface area (Å²) in [5.41, 5.74) is 5.92. The number of carbonyl (C=O) groups is 1. The van der Waals surface area contributed by atoms with Gasteiger partial charge in [-0.15, -0.1) is 0 Å². The minimum Gasteiger partial charge on any atom is -0.349 e. The lowest BCUT2D eigenvalue weighted by atomic mass is 9.74. The van der Waals surface area contributed by atoms with Crippen molar-refractivity contribution < 1.29 is 4.79 Å². The Morgan fingerprint density at radius 3 is 2.53 bits per heavy atom. The monoisotopic (exact) mass is 212 g/mol. The van der Waals surface area contributed by atoms with Crippen LogP contribution < -0.4 is 11.1 Å². The number of rotatable bonds is 6. The van der Waals surface area contributed by atoms with Crippen molar-refractivity contribution in [1.29, 1.82) is 0 Å². The van der Waals surface area contributed by atoms with E-state index in [1.54, 1.807) is 0 Å². The quantitative estimate of drug-likeness (QED) is 0.707. The summed E-state index contributed by atoms with van der Waals surface area (Å²) in [7, 11) is 0. The van der Waals surface area contributed by atoms with E-state index >= 15 is 0 Å². The van der Waals surface area contributed by atoms with Gasteiger partial charge in [0, 0.05) is 5.54 Å². The van der Waals surface area contributed by atoms with Crippen molar-refractivity contribution in [2.45, 2.75) is 70.4 Å². The highest BCUT2D eigenvalue weighted by molar-refractivity contribution is 5.82. The Morgan fingerprint density at radius 1 is 1.47 bits per heavy atom. The van der Waals surface area contributed by atoms with Gasteiger partial charge in [0.25, 0.3) is 0 Å². The van der Waals surface area contributed by atoms with Gasteiger partial charge in [-0.1, -0.05) is 26.7 Å². The lowest BCUT2D eigenvalue weighted by Gasteiger charge is -2.42. The Bertz CT molecular complexity index is 206. The van der Waals surface area contributed by atoms with E-state index in [1.807, 2.05) is 0 Å². The number of nitrogens with two attached hydrogens (primary N) is 1. The summed E-state index contributed by atoms with van der Waals surface area (Å²) in [6, 6.07) is -0.311. The molecule has 1 aliphatic carbocycles. The van der Waals surface area contributed by atoms with Crippen molar-refractivity contribution in [2.24, 2.45) is 5.73 Å². The standard InChI is InChI=1S/C12H24N2O/c1-3-5-7-10(13)11(15)14-12(4-2)8-6-9-12/h10H,3-9,13H2,1-2H3,(H,14,15)/t10-/m0/s1. The largest absolute Gasteiger partial charge is 0.349 e. The molecular weight excluding hydrogens is 188 g/mol. The van der Waals surface area contributed by atoms with Gasteiger partial charge in [-0.3, -0.25) is 4.79 Å². The van der Waals surface area contributed by atoms with E-state index in [4.69, 9.17) is 5.73 Å². The zero-order valence-corrected chi connectivity index (χ0v) is 10.0. The van der Waals surface area contributed by atoms with Gasteiger partial charge in [-0.25, -0.2) is 0 Å². The van der Waals surface area contributed by atoms with Crippen molar-refractivity contribution in [3.63, 3.8) is 0 Å². The maximum absolute atomic E-state index is 11.8. The molecule has 0 spiro atoms. The molecule has 1 amide bonds. The van der Waals surface area contributed by atoms with Gasteiger partial charge in [0.2, 0.25) is 5.91 Å². The molecule has 0 aromatic rings. The van der Waals surface area contributed by atoms with Crippen LogP contribution in [0.25, 0.3) is 0 Å². The second-order valence-electron chi connectivity index (χ2n) is 4.73. The fraction of sp³-hybridized carbons (Fsp3) is 0.917. The molecule has 0 unspecified atom stereocenters. The van der Waals surface area contributed by atoms with Gasteiger partial charge >= 0.3 is 0 Å². The molecule has 15 heavy (non-hydrogen) atoms. The van der Waals surface area contributed by atoms with Crippen LogP contribution in [0.1, 0.15) is 58.8 Å². The Balaban J connectivity index is 2.33. The number of hydrogen-bond donors (Lipinski definition) is 2. The molecule has 1 saturated carbocycles. The summed E-state index contributed by atoms with van der Waals surface area (Å²) in [4.78, 5) is 11.8. The zero-order valence-electron chi connectivity index (χ0n) is 10.0. The average Bonchev–Trinajstić information content (AvgIpc) is 2.19. The van der Waals surface area contributed by atoms with Crippen molar-refractivity contribution >= 4 is 5.91 Å². The summed E-state index contributed by atoms with van der Waals surface area (Å²) in [5.74, 6) is 0.0463. The fourth-order valence-electron chi connectivity index (χ4n) is 2.08. The molecule has 0 radical (unpaired) electrons. The molecular formula is C12H24N2O. The number of carbonyl (C=O) groups excluding carboxylic acids is 1. The number of nitrogens with one attached hydrogen (secondary N) is 1. The first-order valence-electron chi connectivity index (χ1n) is 6.21. The Labute approximate surface area is 92.8 Å². The van der Waals surface area contributed by atoms with Crippen molar-refractivity contribution in [3.8, 4) is 0 Å². The van der Waals surface area contributed by atoms with Gasteiger partial charge in [-0.2, -0.15) is 0 Å². The SMILES string of the molecule is CCCC[C@H](N)C(=O)NC1(CC)CCC1. The van der Waals surface area contributed by atoms with E-state index < -0.39 is 0 Å². The molecule has 0 aromatic carbocycles. The molecule has 1 atom stereocenters. The lowest BCUT2D eigenvalue weighted by molar-refractivity contribution is -0.125. The lowest BCUT2D eigenvalue weighted by Crippen LogP contribution is -2.57. The smallest absolute Gasteiger partial charge is 0.237 e. The van der Waals surface area contributed by atoms with Crippen LogP contribution in [0.3, 0.4) is 0 Å². The maximum Gasteiger partial charge on any atom is 0.237 e. The van der Waals surface area contributed by atoms with Gasteiger partial charge in [-0.05, 0) is 32.1 Å². The Hall–Kier alpha value is -0.570. The number of hydrogen-bond acceptors (Lipinski definition) is 2. The van der Waals surface area contributed by atoms with E-state index in [2.05, 4.69) is 19.2 Å². The summed E-state index contributed by atoms with van der Waals surface area (Å²) < 4.78 is 0. The van der Waals surface area contributed by atoms with Gasteiger partial charge in [0.15, 0.2) is 0 Å². The second kappa shape index (κ2) is 5.50.